The summed E-state index contributed by atoms with van der Waals surface area (Å²) in [5.41, 5.74) is 4.30. The molecule has 0 saturated carbocycles. The number of fused-ring (bicyclic) bond motifs is 1. The van der Waals surface area contributed by atoms with Crippen molar-refractivity contribution < 1.29 is 8.42 Å². The van der Waals surface area contributed by atoms with Crippen LogP contribution in [0.3, 0.4) is 0 Å². The van der Waals surface area contributed by atoms with E-state index in [1.54, 1.807) is 28.2 Å². The first-order valence-corrected chi connectivity index (χ1v) is 13.7. The molecule has 34 heavy (non-hydrogen) atoms. The molecule has 3 aromatic heterocycles. The molecule has 0 N–H and O–H groups in total. The average molecular weight is 494 g/mol. The second-order valence-electron chi connectivity index (χ2n) is 8.44. The lowest BCUT2D eigenvalue weighted by Crippen LogP contribution is -2.48. The van der Waals surface area contributed by atoms with Crippen molar-refractivity contribution in [3.05, 3.63) is 90.0 Å². The molecule has 4 heterocycles. The molecular formula is C25H27N5O2S2. The molecule has 9 heteroatoms. The molecule has 1 saturated heterocycles. The fourth-order valence-corrected chi connectivity index (χ4v) is 6.24. The SMILES string of the molecule is Cc1cccn2cc(CSc3ccc(S(=O)(=O)N4CCN(Cc5ccccc5)CC4)cn3)nc12. The van der Waals surface area contributed by atoms with Gasteiger partial charge >= 0.3 is 0 Å². The highest BCUT2D eigenvalue weighted by molar-refractivity contribution is 7.98. The van der Waals surface area contributed by atoms with Gasteiger partial charge in [0.15, 0.2) is 0 Å². The van der Waals surface area contributed by atoms with Crippen LogP contribution in [-0.2, 0) is 22.3 Å². The van der Waals surface area contributed by atoms with E-state index in [-0.39, 0.29) is 4.90 Å². The van der Waals surface area contributed by atoms with Gasteiger partial charge in [0.1, 0.15) is 10.5 Å². The number of rotatable bonds is 7. The van der Waals surface area contributed by atoms with Crippen LogP contribution in [0, 0.1) is 6.92 Å². The largest absolute Gasteiger partial charge is 0.307 e. The van der Waals surface area contributed by atoms with Crippen molar-refractivity contribution in [2.24, 2.45) is 0 Å². The molecule has 0 bridgehead atoms. The van der Waals surface area contributed by atoms with Gasteiger partial charge in [-0.3, -0.25) is 4.90 Å². The Kier molecular flexibility index (Phi) is 6.69. The van der Waals surface area contributed by atoms with E-state index >= 15 is 0 Å². The number of imidazole rings is 1. The summed E-state index contributed by atoms with van der Waals surface area (Å²) in [6, 6.07) is 17.8. The fourth-order valence-electron chi connectivity index (χ4n) is 4.15. The Labute approximate surface area is 204 Å². The van der Waals surface area contributed by atoms with Gasteiger partial charge < -0.3 is 4.40 Å². The normalized spacial score (nSPS) is 15.7. The Hall–Kier alpha value is -2.72. The van der Waals surface area contributed by atoms with Gasteiger partial charge in [-0.2, -0.15) is 4.31 Å². The lowest BCUT2D eigenvalue weighted by atomic mass is 10.2. The van der Waals surface area contributed by atoms with Gasteiger partial charge in [-0.25, -0.2) is 18.4 Å². The number of thioether (sulfide) groups is 1. The summed E-state index contributed by atoms with van der Waals surface area (Å²) in [5.74, 6) is 0.670. The van der Waals surface area contributed by atoms with Crippen molar-refractivity contribution in [1.29, 1.82) is 0 Å². The highest BCUT2D eigenvalue weighted by atomic mass is 32.2. The summed E-state index contributed by atoms with van der Waals surface area (Å²) in [6.07, 6.45) is 5.48. The zero-order chi connectivity index (χ0) is 23.5. The van der Waals surface area contributed by atoms with Gasteiger partial charge in [0.05, 0.1) is 10.7 Å². The van der Waals surface area contributed by atoms with Crippen molar-refractivity contribution in [3.8, 4) is 0 Å². The summed E-state index contributed by atoms with van der Waals surface area (Å²) in [5, 5.41) is 0.778. The summed E-state index contributed by atoms with van der Waals surface area (Å²) < 4.78 is 29.8. The Morgan fingerprint density at radius 2 is 1.76 bits per heavy atom. The molecule has 0 spiro atoms. The number of nitrogens with zero attached hydrogens (tertiary/aromatic N) is 5. The lowest BCUT2D eigenvalue weighted by Gasteiger charge is -2.33. The predicted octanol–water partition coefficient (Wildman–Crippen LogP) is 3.84. The van der Waals surface area contributed by atoms with Gasteiger partial charge in [0.2, 0.25) is 10.0 Å². The third kappa shape index (κ3) is 5.02. The predicted molar refractivity (Wildman–Crippen MR) is 134 cm³/mol. The van der Waals surface area contributed by atoms with Gasteiger partial charge in [0, 0.05) is 57.1 Å². The molecule has 5 rings (SSSR count). The maximum absolute atomic E-state index is 13.1. The number of aryl methyl sites for hydroxylation is 1. The Morgan fingerprint density at radius 1 is 0.971 bits per heavy atom. The van der Waals surface area contributed by atoms with Gasteiger partial charge in [-0.1, -0.05) is 48.2 Å². The third-order valence-electron chi connectivity index (χ3n) is 6.02. The average Bonchev–Trinajstić information content (AvgIpc) is 3.29. The summed E-state index contributed by atoms with van der Waals surface area (Å²) in [6.45, 7) is 5.29. The molecule has 1 aliphatic rings. The van der Waals surface area contributed by atoms with E-state index in [0.717, 1.165) is 28.5 Å². The van der Waals surface area contributed by atoms with Crippen LogP contribution in [-0.4, -0.2) is 58.2 Å². The number of benzene rings is 1. The first-order chi connectivity index (χ1) is 16.5. The van der Waals surface area contributed by atoms with Gasteiger partial charge in [0.25, 0.3) is 0 Å². The number of pyridine rings is 2. The Bertz CT molecular complexity index is 1360. The first kappa shape index (κ1) is 23.0. The van der Waals surface area contributed by atoms with E-state index in [1.165, 1.54) is 11.8 Å². The second kappa shape index (κ2) is 9.87. The van der Waals surface area contributed by atoms with Crippen LogP contribution < -0.4 is 0 Å². The molecule has 1 aromatic carbocycles. The summed E-state index contributed by atoms with van der Waals surface area (Å²) >= 11 is 1.55. The fraction of sp³-hybridized carbons (Fsp3) is 0.280. The minimum Gasteiger partial charge on any atom is -0.307 e. The van der Waals surface area contributed by atoms with E-state index in [0.29, 0.717) is 31.9 Å². The number of hydrogen-bond donors (Lipinski definition) is 0. The van der Waals surface area contributed by atoms with Crippen LogP contribution in [0.4, 0.5) is 0 Å². The van der Waals surface area contributed by atoms with E-state index in [9.17, 15) is 8.42 Å². The maximum atomic E-state index is 13.1. The summed E-state index contributed by atoms with van der Waals surface area (Å²) in [4.78, 5) is 11.6. The molecule has 0 aliphatic carbocycles. The third-order valence-corrected chi connectivity index (χ3v) is 8.88. The minimum atomic E-state index is -3.55. The molecular weight excluding hydrogens is 466 g/mol. The van der Waals surface area contributed by atoms with Crippen molar-refractivity contribution in [2.75, 3.05) is 26.2 Å². The zero-order valence-corrected chi connectivity index (χ0v) is 20.7. The molecule has 176 valence electrons. The van der Waals surface area contributed by atoms with E-state index in [2.05, 4.69) is 27.0 Å². The van der Waals surface area contributed by atoms with E-state index in [1.807, 2.05) is 54.0 Å². The molecule has 0 amide bonds. The highest BCUT2D eigenvalue weighted by Gasteiger charge is 2.28. The number of aromatic nitrogens is 3. The molecule has 4 aromatic rings. The second-order valence-corrected chi connectivity index (χ2v) is 11.4. The first-order valence-electron chi connectivity index (χ1n) is 11.3. The molecule has 1 aliphatic heterocycles. The highest BCUT2D eigenvalue weighted by Crippen LogP contribution is 2.24. The molecule has 1 fully saturated rings. The molecule has 0 atom stereocenters. The van der Waals surface area contributed by atoms with Crippen LogP contribution in [0.1, 0.15) is 16.8 Å². The van der Waals surface area contributed by atoms with Crippen molar-refractivity contribution in [2.45, 2.75) is 29.1 Å². The maximum Gasteiger partial charge on any atom is 0.244 e. The van der Waals surface area contributed by atoms with Gasteiger partial charge in [-0.15, -0.1) is 0 Å². The van der Waals surface area contributed by atoms with Crippen LogP contribution in [0.15, 0.2) is 83.1 Å². The van der Waals surface area contributed by atoms with E-state index in [4.69, 9.17) is 0 Å². The van der Waals surface area contributed by atoms with Crippen molar-refractivity contribution in [1.82, 2.24) is 23.6 Å². The van der Waals surface area contributed by atoms with Crippen LogP contribution in [0.5, 0.6) is 0 Å². The number of piperazine rings is 1. The van der Waals surface area contributed by atoms with Gasteiger partial charge in [-0.05, 0) is 36.2 Å². The summed E-state index contributed by atoms with van der Waals surface area (Å²) in [7, 11) is -3.55. The quantitative estimate of drug-likeness (QED) is 0.365. The van der Waals surface area contributed by atoms with E-state index < -0.39 is 10.0 Å². The van der Waals surface area contributed by atoms with Crippen molar-refractivity contribution in [3.63, 3.8) is 0 Å². The topological polar surface area (TPSA) is 70.8 Å². The lowest BCUT2D eigenvalue weighted by molar-refractivity contribution is 0.181. The number of sulfonamides is 1. The van der Waals surface area contributed by atoms with Crippen LogP contribution in [0.2, 0.25) is 0 Å². The van der Waals surface area contributed by atoms with Crippen molar-refractivity contribution >= 4 is 27.4 Å². The molecule has 0 radical (unpaired) electrons. The Morgan fingerprint density at radius 3 is 2.47 bits per heavy atom. The standard InChI is InChI=1S/C25H27N5O2S2/c1-20-6-5-11-29-18-22(27-25(20)29)19-33-24-10-9-23(16-26-24)34(31,32)30-14-12-28(13-15-30)17-21-7-3-2-4-8-21/h2-11,16,18H,12-15,17,19H2,1H3. The minimum absolute atomic E-state index is 0.247. The Balaban J connectivity index is 1.18. The monoisotopic (exact) mass is 493 g/mol. The number of hydrogen-bond acceptors (Lipinski definition) is 6. The van der Waals surface area contributed by atoms with Crippen LogP contribution >= 0.6 is 11.8 Å². The van der Waals surface area contributed by atoms with Crippen LogP contribution in [0.25, 0.3) is 5.65 Å². The molecule has 0 unspecified atom stereocenters. The molecule has 7 nitrogen and oxygen atoms in total. The zero-order valence-electron chi connectivity index (χ0n) is 19.0. The smallest absolute Gasteiger partial charge is 0.244 e.